The molecule has 1 saturated carbocycles. The molecule has 1 saturated heterocycles. The summed E-state index contributed by atoms with van der Waals surface area (Å²) >= 11 is 0. The van der Waals surface area contributed by atoms with Gasteiger partial charge in [-0.1, -0.05) is 25.0 Å². The number of fused-ring (bicyclic) bond motifs is 5. The molecule has 0 aromatic rings. The number of guanidine groups is 1. The Kier molecular flexibility index (Phi) is 7.87. The summed E-state index contributed by atoms with van der Waals surface area (Å²) in [7, 11) is 1.41. The van der Waals surface area contributed by atoms with Crippen molar-refractivity contribution in [1.82, 2.24) is 15.5 Å². The number of likely N-dealkylation sites (tertiary alicyclic amines) is 1. The standard InChI is InChI=1S/C22H34N4O4/c1-3-23-22(24-11-7-5-4-6-8-17(27)30-2)25-12-13-26-20(28)18-15-9-10-16(14-15)19(18)21(26)29/h9-10,15-16,18-19H,3-8,11-14H2,1-2H3,(H2,23,24,25). The molecule has 30 heavy (non-hydrogen) atoms. The number of carbonyl (C=O) groups is 3. The molecule has 1 heterocycles. The van der Waals surface area contributed by atoms with Gasteiger partial charge in [-0.05, 0) is 38.0 Å². The number of rotatable bonds is 11. The maximum absolute atomic E-state index is 12.7. The van der Waals surface area contributed by atoms with E-state index >= 15 is 0 Å². The van der Waals surface area contributed by atoms with Crippen molar-refractivity contribution in [2.75, 3.05) is 33.3 Å². The Morgan fingerprint density at radius 2 is 1.77 bits per heavy atom. The Balaban J connectivity index is 1.37. The van der Waals surface area contributed by atoms with E-state index in [1.54, 1.807) is 0 Å². The van der Waals surface area contributed by atoms with Crippen LogP contribution in [0.25, 0.3) is 0 Å². The molecule has 3 rings (SSSR count). The lowest BCUT2D eigenvalue weighted by atomic mass is 9.85. The number of aliphatic imine (C=N–C) groups is 1. The van der Waals surface area contributed by atoms with Crippen molar-refractivity contribution >= 4 is 23.7 Å². The summed E-state index contributed by atoms with van der Waals surface area (Å²) in [4.78, 5) is 42.5. The molecular weight excluding hydrogens is 384 g/mol. The van der Waals surface area contributed by atoms with Crippen LogP contribution in [0.3, 0.4) is 0 Å². The molecule has 8 nitrogen and oxygen atoms in total. The van der Waals surface area contributed by atoms with Crippen molar-refractivity contribution in [3.8, 4) is 0 Å². The van der Waals surface area contributed by atoms with E-state index in [0.29, 0.717) is 32.0 Å². The molecule has 8 heteroatoms. The number of esters is 1. The highest BCUT2D eigenvalue weighted by molar-refractivity contribution is 6.06. The second-order valence-electron chi connectivity index (χ2n) is 8.26. The highest BCUT2D eigenvalue weighted by Gasteiger charge is 2.58. The fourth-order valence-electron chi connectivity index (χ4n) is 4.84. The molecule has 2 amide bonds. The van der Waals surface area contributed by atoms with E-state index in [0.717, 1.165) is 38.6 Å². The number of methoxy groups -OCH3 is 1. The van der Waals surface area contributed by atoms with Gasteiger partial charge in [0.2, 0.25) is 11.8 Å². The summed E-state index contributed by atoms with van der Waals surface area (Å²) < 4.78 is 4.63. The molecule has 4 unspecified atom stereocenters. The maximum Gasteiger partial charge on any atom is 0.305 e. The zero-order valence-electron chi connectivity index (χ0n) is 18.1. The van der Waals surface area contributed by atoms with Crippen molar-refractivity contribution in [3.05, 3.63) is 12.2 Å². The fourth-order valence-corrected chi connectivity index (χ4v) is 4.84. The van der Waals surface area contributed by atoms with Crippen LogP contribution in [0, 0.1) is 23.7 Å². The first-order valence-electron chi connectivity index (χ1n) is 11.2. The molecule has 2 bridgehead atoms. The predicted octanol–water partition coefficient (Wildman–Crippen LogP) is 1.47. The lowest BCUT2D eigenvalue weighted by molar-refractivity contribution is -0.141. The van der Waals surface area contributed by atoms with Gasteiger partial charge in [0, 0.05) is 32.6 Å². The average Bonchev–Trinajstić information content (AvgIpc) is 3.42. The Bertz CT molecular complexity index is 675. The van der Waals surface area contributed by atoms with Gasteiger partial charge in [0.1, 0.15) is 0 Å². The van der Waals surface area contributed by atoms with Crippen LogP contribution in [0.1, 0.15) is 45.4 Å². The molecule has 1 aliphatic heterocycles. The summed E-state index contributed by atoms with van der Waals surface area (Å²) in [5.41, 5.74) is 0. The minimum Gasteiger partial charge on any atom is -0.469 e. The van der Waals surface area contributed by atoms with E-state index in [-0.39, 0.29) is 41.5 Å². The van der Waals surface area contributed by atoms with E-state index in [9.17, 15) is 14.4 Å². The number of hydrogen-bond donors (Lipinski definition) is 2. The van der Waals surface area contributed by atoms with Crippen molar-refractivity contribution in [2.24, 2.45) is 28.7 Å². The molecule has 0 radical (unpaired) electrons. The van der Waals surface area contributed by atoms with Crippen LogP contribution in [0.2, 0.25) is 0 Å². The van der Waals surface area contributed by atoms with Crippen LogP contribution in [0.4, 0.5) is 0 Å². The lowest BCUT2D eigenvalue weighted by Crippen LogP contribution is -2.43. The molecule has 166 valence electrons. The van der Waals surface area contributed by atoms with E-state index < -0.39 is 0 Å². The maximum atomic E-state index is 12.7. The van der Waals surface area contributed by atoms with Gasteiger partial charge in [-0.25, -0.2) is 0 Å². The number of imide groups is 1. The number of carbonyl (C=O) groups excluding carboxylic acids is 3. The highest BCUT2D eigenvalue weighted by atomic mass is 16.5. The minimum atomic E-state index is -0.158. The first-order valence-corrected chi connectivity index (χ1v) is 11.2. The molecule has 2 aliphatic carbocycles. The van der Waals surface area contributed by atoms with Crippen LogP contribution in [-0.4, -0.2) is 61.9 Å². The number of nitrogens with one attached hydrogen (secondary N) is 2. The predicted molar refractivity (Wildman–Crippen MR) is 114 cm³/mol. The van der Waals surface area contributed by atoms with E-state index in [2.05, 4.69) is 32.5 Å². The minimum absolute atomic E-state index is 0.00227. The number of amides is 2. The molecule has 0 aromatic heterocycles. The zero-order chi connectivity index (χ0) is 21.5. The molecule has 2 fully saturated rings. The third-order valence-corrected chi connectivity index (χ3v) is 6.32. The summed E-state index contributed by atoms with van der Waals surface area (Å²) in [6.07, 6.45) is 9.43. The molecule has 2 N–H and O–H groups in total. The van der Waals surface area contributed by atoms with Gasteiger partial charge in [0.15, 0.2) is 5.96 Å². The van der Waals surface area contributed by atoms with Crippen molar-refractivity contribution in [3.63, 3.8) is 0 Å². The number of ether oxygens (including phenoxy) is 1. The van der Waals surface area contributed by atoms with Gasteiger partial charge in [0.05, 0.1) is 18.9 Å². The first kappa shape index (κ1) is 22.3. The van der Waals surface area contributed by atoms with Gasteiger partial charge < -0.3 is 15.4 Å². The van der Waals surface area contributed by atoms with Crippen molar-refractivity contribution < 1.29 is 19.1 Å². The highest BCUT2D eigenvalue weighted by Crippen LogP contribution is 2.52. The smallest absolute Gasteiger partial charge is 0.305 e. The third kappa shape index (κ3) is 5.02. The molecule has 0 aromatic carbocycles. The van der Waals surface area contributed by atoms with Gasteiger partial charge in [-0.2, -0.15) is 0 Å². The van der Waals surface area contributed by atoms with E-state index in [1.165, 1.54) is 12.0 Å². The normalized spacial score (nSPS) is 27.0. The van der Waals surface area contributed by atoms with Gasteiger partial charge >= 0.3 is 5.97 Å². The summed E-state index contributed by atoms with van der Waals surface area (Å²) in [6, 6.07) is 0. The van der Waals surface area contributed by atoms with Crippen LogP contribution in [-0.2, 0) is 19.1 Å². The molecule has 0 spiro atoms. The zero-order valence-corrected chi connectivity index (χ0v) is 18.1. The second kappa shape index (κ2) is 10.6. The number of unbranched alkanes of at least 4 members (excludes halogenated alkanes) is 3. The van der Waals surface area contributed by atoms with Gasteiger partial charge in [-0.15, -0.1) is 0 Å². The first-order chi connectivity index (χ1) is 14.6. The van der Waals surface area contributed by atoms with Crippen molar-refractivity contribution in [2.45, 2.75) is 45.4 Å². The monoisotopic (exact) mass is 418 g/mol. The molecule has 4 atom stereocenters. The average molecular weight is 419 g/mol. The Hall–Kier alpha value is -2.38. The van der Waals surface area contributed by atoms with Gasteiger partial charge in [0.25, 0.3) is 0 Å². The van der Waals surface area contributed by atoms with Gasteiger partial charge in [-0.3, -0.25) is 24.3 Å². The third-order valence-electron chi connectivity index (χ3n) is 6.32. The van der Waals surface area contributed by atoms with Crippen molar-refractivity contribution in [1.29, 1.82) is 0 Å². The van der Waals surface area contributed by atoms with Crippen LogP contribution in [0.5, 0.6) is 0 Å². The summed E-state index contributed by atoms with van der Waals surface area (Å²) in [5.74, 6) is 0.779. The second-order valence-corrected chi connectivity index (χ2v) is 8.26. The number of nitrogens with zero attached hydrogens (tertiary/aromatic N) is 2. The van der Waals surface area contributed by atoms with Crippen LogP contribution < -0.4 is 10.6 Å². The number of allylic oxidation sites excluding steroid dienone is 2. The molecule has 3 aliphatic rings. The van der Waals surface area contributed by atoms with Crippen LogP contribution >= 0.6 is 0 Å². The summed E-state index contributed by atoms with van der Waals surface area (Å²) in [6.45, 7) is 4.30. The Morgan fingerprint density at radius 3 is 2.40 bits per heavy atom. The quantitative estimate of drug-likeness (QED) is 0.132. The largest absolute Gasteiger partial charge is 0.469 e. The molecular formula is C22H34N4O4. The van der Waals surface area contributed by atoms with E-state index in [1.807, 2.05) is 6.92 Å². The Morgan fingerprint density at radius 1 is 1.10 bits per heavy atom. The fraction of sp³-hybridized carbons (Fsp3) is 0.727. The summed E-state index contributed by atoms with van der Waals surface area (Å²) in [5, 5.41) is 6.43. The Labute approximate surface area is 178 Å². The lowest BCUT2D eigenvalue weighted by Gasteiger charge is -2.18. The topological polar surface area (TPSA) is 100 Å². The SMILES string of the molecule is CCNC(=NCCCCCCC(=O)OC)NCCN1C(=O)C2C3C=CC(C3)C2C1=O. The van der Waals surface area contributed by atoms with E-state index in [4.69, 9.17) is 0 Å². The number of hydrogen-bond acceptors (Lipinski definition) is 5. The van der Waals surface area contributed by atoms with Crippen LogP contribution in [0.15, 0.2) is 17.1 Å².